The first-order valence-electron chi connectivity index (χ1n) is 7.12. The van der Waals surface area contributed by atoms with Crippen LogP contribution >= 0.6 is 0 Å². The molecule has 1 aliphatic rings. The van der Waals surface area contributed by atoms with Gasteiger partial charge in [-0.25, -0.2) is 0 Å². The third-order valence-corrected chi connectivity index (χ3v) is 3.89. The number of carbonyl (C=O) groups is 1. The zero-order chi connectivity index (χ0) is 13.5. The first-order valence-corrected chi connectivity index (χ1v) is 7.12. The van der Waals surface area contributed by atoms with E-state index >= 15 is 0 Å². The summed E-state index contributed by atoms with van der Waals surface area (Å²) in [5.74, 6) is 0.822. The Hall–Kier alpha value is -0.610. The molecule has 1 rings (SSSR count). The van der Waals surface area contributed by atoms with Crippen LogP contribution in [0.3, 0.4) is 0 Å². The lowest BCUT2D eigenvalue weighted by molar-refractivity contribution is -0.133. The van der Waals surface area contributed by atoms with Crippen LogP contribution in [0.25, 0.3) is 0 Å². The van der Waals surface area contributed by atoms with Gasteiger partial charge in [0.25, 0.3) is 0 Å². The molecule has 1 N–H and O–H groups in total. The Kier molecular flexibility index (Phi) is 6.65. The summed E-state index contributed by atoms with van der Waals surface area (Å²) in [5, 5.41) is 3.50. The van der Waals surface area contributed by atoms with Gasteiger partial charge < -0.3 is 15.0 Å². The number of amides is 1. The molecule has 0 saturated carbocycles. The van der Waals surface area contributed by atoms with Gasteiger partial charge in [-0.05, 0) is 32.2 Å². The number of rotatable bonds is 6. The highest BCUT2D eigenvalue weighted by atomic mass is 16.5. The molecule has 0 aromatic rings. The van der Waals surface area contributed by atoms with Crippen LogP contribution in [0.4, 0.5) is 0 Å². The average molecular weight is 256 g/mol. The number of likely N-dealkylation sites (tertiary alicyclic amines) is 1. The fourth-order valence-electron chi connectivity index (χ4n) is 2.54. The second kappa shape index (κ2) is 7.74. The number of piperidine rings is 1. The van der Waals surface area contributed by atoms with Crippen molar-refractivity contribution in [2.75, 3.05) is 26.7 Å². The van der Waals surface area contributed by atoms with Gasteiger partial charge in [0.15, 0.2) is 0 Å². The molecule has 1 saturated heterocycles. The third kappa shape index (κ3) is 4.58. The Labute approximate surface area is 111 Å². The molecule has 0 aromatic carbocycles. The van der Waals surface area contributed by atoms with E-state index < -0.39 is 0 Å². The van der Waals surface area contributed by atoms with E-state index in [2.05, 4.69) is 19.2 Å². The number of nitrogens with one attached hydrogen (secondary N) is 1. The van der Waals surface area contributed by atoms with Crippen molar-refractivity contribution in [3.8, 4) is 0 Å². The monoisotopic (exact) mass is 256 g/mol. The Morgan fingerprint density at radius 3 is 2.83 bits per heavy atom. The van der Waals surface area contributed by atoms with E-state index in [4.69, 9.17) is 4.74 Å². The van der Waals surface area contributed by atoms with Crippen LogP contribution in [0.15, 0.2) is 0 Å². The Balaban J connectivity index is 2.33. The van der Waals surface area contributed by atoms with Gasteiger partial charge in [0.2, 0.25) is 5.91 Å². The highest BCUT2D eigenvalue weighted by molar-refractivity contribution is 5.76. The molecule has 4 nitrogen and oxygen atoms in total. The van der Waals surface area contributed by atoms with Crippen molar-refractivity contribution in [1.82, 2.24) is 10.2 Å². The third-order valence-electron chi connectivity index (χ3n) is 3.89. The number of nitrogens with zero attached hydrogens (tertiary/aromatic N) is 1. The molecule has 18 heavy (non-hydrogen) atoms. The van der Waals surface area contributed by atoms with E-state index in [1.54, 1.807) is 7.11 Å². The quantitative estimate of drug-likeness (QED) is 0.785. The minimum atomic E-state index is 0.172. The summed E-state index contributed by atoms with van der Waals surface area (Å²) < 4.78 is 5.18. The van der Waals surface area contributed by atoms with Gasteiger partial charge in [0.05, 0.1) is 6.10 Å². The first-order chi connectivity index (χ1) is 8.58. The van der Waals surface area contributed by atoms with Crippen molar-refractivity contribution < 1.29 is 9.53 Å². The molecule has 3 unspecified atom stereocenters. The van der Waals surface area contributed by atoms with E-state index in [9.17, 15) is 4.79 Å². The van der Waals surface area contributed by atoms with Crippen LogP contribution in [-0.4, -0.2) is 49.7 Å². The highest BCUT2D eigenvalue weighted by Crippen LogP contribution is 2.18. The van der Waals surface area contributed by atoms with Gasteiger partial charge in [-0.1, -0.05) is 13.8 Å². The molecule has 3 atom stereocenters. The lowest BCUT2D eigenvalue weighted by atomic mass is 9.93. The molecule has 106 valence electrons. The van der Waals surface area contributed by atoms with E-state index in [-0.39, 0.29) is 12.0 Å². The Morgan fingerprint density at radius 2 is 2.28 bits per heavy atom. The van der Waals surface area contributed by atoms with Crippen LogP contribution in [0.5, 0.6) is 0 Å². The molecule has 0 aromatic heterocycles. The number of hydrogen-bond donors (Lipinski definition) is 1. The summed E-state index contributed by atoms with van der Waals surface area (Å²) in [6.45, 7) is 9.16. The summed E-state index contributed by atoms with van der Waals surface area (Å²) >= 11 is 0. The second-order valence-corrected chi connectivity index (χ2v) is 5.35. The molecule has 1 heterocycles. The second-order valence-electron chi connectivity index (χ2n) is 5.35. The molecule has 0 aliphatic carbocycles. The molecular weight excluding hydrogens is 228 g/mol. The lowest BCUT2D eigenvalue weighted by Gasteiger charge is -2.37. The van der Waals surface area contributed by atoms with Gasteiger partial charge >= 0.3 is 0 Å². The largest absolute Gasteiger partial charge is 0.382 e. The molecule has 1 fully saturated rings. The lowest BCUT2D eigenvalue weighted by Crippen LogP contribution is -2.50. The predicted molar refractivity (Wildman–Crippen MR) is 73.5 cm³/mol. The van der Waals surface area contributed by atoms with Crippen LogP contribution in [-0.2, 0) is 9.53 Å². The SMILES string of the molecule is CCNC1CCN(C(=O)CCC(C)OC)CC1C. The molecule has 4 heteroatoms. The number of hydrogen-bond acceptors (Lipinski definition) is 3. The maximum absolute atomic E-state index is 12.1. The van der Waals surface area contributed by atoms with Crippen molar-refractivity contribution in [2.24, 2.45) is 5.92 Å². The smallest absolute Gasteiger partial charge is 0.222 e. The zero-order valence-electron chi connectivity index (χ0n) is 12.2. The molecule has 1 amide bonds. The fourth-order valence-corrected chi connectivity index (χ4v) is 2.54. The van der Waals surface area contributed by atoms with Gasteiger partial charge in [0.1, 0.15) is 0 Å². The van der Waals surface area contributed by atoms with Gasteiger partial charge in [-0.15, -0.1) is 0 Å². The van der Waals surface area contributed by atoms with Crippen molar-refractivity contribution in [3.63, 3.8) is 0 Å². The van der Waals surface area contributed by atoms with Crippen LogP contribution in [0.1, 0.15) is 40.0 Å². The van der Waals surface area contributed by atoms with Crippen molar-refractivity contribution in [1.29, 1.82) is 0 Å². The number of carbonyl (C=O) groups excluding carboxylic acids is 1. The van der Waals surface area contributed by atoms with E-state index in [1.165, 1.54) is 0 Å². The minimum absolute atomic E-state index is 0.172. The summed E-state index contributed by atoms with van der Waals surface area (Å²) in [7, 11) is 1.69. The first kappa shape index (κ1) is 15.4. The number of methoxy groups -OCH3 is 1. The summed E-state index contributed by atoms with van der Waals surface area (Å²) in [6.07, 6.45) is 2.66. The van der Waals surface area contributed by atoms with Crippen molar-refractivity contribution >= 4 is 5.91 Å². The van der Waals surface area contributed by atoms with Gasteiger partial charge in [0, 0.05) is 32.7 Å². The fraction of sp³-hybridized carbons (Fsp3) is 0.929. The number of ether oxygens (including phenoxy) is 1. The Morgan fingerprint density at radius 1 is 1.56 bits per heavy atom. The van der Waals surface area contributed by atoms with Crippen LogP contribution in [0, 0.1) is 5.92 Å². The maximum atomic E-state index is 12.1. The van der Waals surface area contributed by atoms with Crippen molar-refractivity contribution in [3.05, 3.63) is 0 Å². The summed E-state index contributed by atoms with van der Waals surface area (Å²) in [6, 6.07) is 0.567. The standard InChI is InChI=1S/C14H28N2O2/c1-5-15-13-8-9-16(10-11(13)2)14(17)7-6-12(3)18-4/h11-13,15H,5-10H2,1-4H3. The molecule has 0 spiro atoms. The van der Waals surface area contributed by atoms with Crippen LogP contribution < -0.4 is 5.32 Å². The van der Waals surface area contributed by atoms with Crippen molar-refractivity contribution in [2.45, 2.75) is 52.2 Å². The summed E-state index contributed by atoms with van der Waals surface area (Å²) in [4.78, 5) is 14.1. The molecule has 0 bridgehead atoms. The average Bonchev–Trinajstić information content (AvgIpc) is 2.38. The molecule has 0 radical (unpaired) electrons. The van der Waals surface area contributed by atoms with Gasteiger partial charge in [-0.3, -0.25) is 4.79 Å². The predicted octanol–water partition coefficient (Wildman–Crippen LogP) is 1.65. The van der Waals surface area contributed by atoms with E-state index in [0.29, 0.717) is 18.4 Å². The maximum Gasteiger partial charge on any atom is 0.222 e. The summed E-state index contributed by atoms with van der Waals surface area (Å²) in [5.41, 5.74) is 0. The topological polar surface area (TPSA) is 41.6 Å². The highest BCUT2D eigenvalue weighted by Gasteiger charge is 2.27. The van der Waals surface area contributed by atoms with Gasteiger partial charge in [-0.2, -0.15) is 0 Å². The minimum Gasteiger partial charge on any atom is -0.382 e. The molecular formula is C14H28N2O2. The normalized spacial score (nSPS) is 26.1. The van der Waals surface area contributed by atoms with E-state index in [0.717, 1.165) is 32.5 Å². The van der Waals surface area contributed by atoms with E-state index in [1.807, 2.05) is 11.8 Å². The van der Waals surface area contributed by atoms with Crippen LogP contribution in [0.2, 0.25) is 0 Å². The Bertz CT molecular complexity index is 258. The molecule has 1 aliphatic heterocycles. The zero-order valence-corrected chi connectivity index (χ0v) is 12.2.